The minimum absolute atomic E-state index is 0.0114. The predicted molar refractivity (Wildman–Crippen MR) is 87.3 cm³/mol. The van der Waals surface area contributed by atoms with E-state index in [2.05, 4.69) is 38.3 Å². The lowest BCUT2D eigenvalue weighted by molar-refractivity contribution is 0.0947. The van der Waals surface area contributed by atoms with Gasteiger partial charge in [-0.2, -0.15) is 0 Å². The molecule has 0 aliphatic carbocycles. The van der Waals surface area contributed by atoms with Crippen LogP contribution in [-0.2, 0) is 0 Å². The fourth-order valence-electron chi connectivity index (χ4n) is 2.39. The SMILES string of the molecule is CCC(C=N)NC(O)C1CC(C)CN1.CCCC(C)C. The topological polar surface area (TPSA) is 68.1 Å². The van der Waals surface area contributed by atoms with Crippen molar-refractivity contribution in [2.75, 3.05) is 6.54 Å². The van der Waals surface area contributed by atoms with Gasteiger partial charge in [0, 0.05) is 18.3 Å². The minimum atomic E-state index is -0.536. The number of rotatable bonds is 7. The molecule has 1 aliphatic heterocycles. The van der Waals surface area contributed by atoms with E-state index < -0.39 is 6.23 Å². The van der Waals surface area contributed by atoms with E-state index in [1.54, 1.807) is 0 Å². The van der Waals surface area contributed by atoms with Crippen molar-refractivity contribution in [2.24, 2.45) is 11.8 Å². The van der Waals surface area contributed by atoms with Crippen LogP contribution in [0, 0.1) is 17.2 Å². The monoisotopic (exact) mass is 285 g/mol. The van der Waals surface area contributed by atoms with Crippen molar-refractivity contribution in [3.8, 4) is 0 Å². The largest absolute Gasteiger partial charge is 0.377 e. The summed E-state index contributed by atoms with van der Waals surface area (Å²) in [6.07, 6.45) is 5.36. The van der Waals surface area contributed by atoms with E-state index >= 15 is 0 Å². The van der Waals surface area contributed by atoms with Gasteiger partial charge in [-0.15, -0.1) is 0 Å². The molecule has 0 amide bonds. The minimum Gasteiger partial charge on any atom is -0.377 e. The van der Waals surface area contributed by atoms with Crippen molar-refractivity contribution >= 4 is 6.21 Å². The molecule has 1 fully saturated rings. The van der Waals surface area contributed by atoms with Crippen LogP contribution >= 0.6 is 0 Å². The van der Waals surface area contributed by atoms with Gasteiger partial charge < -0.3 is 15.8 Å². The molecule has 0 spiro atoms. The summed E-state index contributed by atoms with van der Waals surface area (Å²) in [5.41, 5.74) is 0. The number of hydrogen-bond donors (Lipinski definition) is 4. The zero-order chi connectivity index (χ0) is 15.5. The van der Waals surface area contributed by atoms with Crippen LogP contribution in [0.1, 0.15) is 60.3 Å². The van der Waals surface area contributed by atoms with Crippen molar-refractivity contribution in [1.82, 2.24) is 10.6 Å². The number of hydrogen-bond acceptors (Lipinski definition) is 4. The summed E-state index contributed by atoms with van der Waals surface area (Å²) in [4.78, 5) is 0. The number of aliphatic hydroxyl groups is 1. The molecule has 0 bridgehead atoms. The van der Waals surface area contributed by atoms with Crippen LogP contribution < -0.4 is 10.6 Å². The average molecular weight is 285 g/mol. The van der Waals surface area contributed by atoms with E-state index in [1.807, 2.05) is 6.92 Å². The van der Waals surface area contributed by atoms with E-state index in [0.29, 0.717) is 5.92 Å². The van der Waals surface area contributed by atoms with Gasteiger partial charge in [0.1, 0.15) is 6.23 Å². The van der Waals surface area contributed by atoms with Gasteiger partial charge in [0.25, 0.3) is 0 Å². The van der Waals surface area contributed by atoms with Gasteiger partial charge in [0.2, 0.25) is 0 Å². The molecule has 1 heterocycles. The quantitative estimate of drug-likeness (QED) is 0.429. The zero-order valence-corrected chi connectivity index (χ0v) is 13.9. The predicted octanol–water partition coefficient (Wildman–Crippen LogP) is 2.76. The Morgan fingerprint density at radius 2 is 2.05 bits per heavy atom. The smallest absolute Gasteiger partial charge is 0.120 e. The standard InChI is InChI=1S/C10H21N3O.C6H14/c1-3-8(5-11)13-10(14)9-4-7(2)6-12-9;1-4-5-6(2)3/h5,7-14H,3-4,6H2,1-2H3;6H,4-5H2,1-3H3. The second kappa shape index (κ2) is 11.2. The highest BCUT2D eigenvalue weighted by molar-refractivity contribution is 5.60. The molecule has 0 aromatic heterocycles. The van der Waals surface area contributed by atoms with E-state index in [-0.39, 0.29) is 12.1 Å². The van der Waals surface area contributed by atoms with Crippen LogP contribution in [-0.4, -0.2) is 36.2 Å². The van der Waals surface area contributed by atoms with Crippen LogP contribution in [0.4, 0.5) is 0 Å². The van der Waals surface area contributed by atoms with Gasteiger partial charge in [-0.05, 0) is 31.2 Å². The first-order valence-electron chi connectivity index (χ1n) is 8.12. The normalized spacial score (nSPS) is 24.9. The molecular formula is C16H35N3O. The third-order valence-corrected chi connectivity index (χ3v) is 3.66. The van der Waals surface area contributed by atoms with Gasteiger partial charge >= 0.3 is 0 Å². The summed E-state index contributed by atoms with van der Waals surface area (Å²) < 4.78 is 0. The Kier molecular flexibility index (Phi) is 11.0. The lowest BCUT2D eigenvalue weighted by Gasteiger charge is -2.23. The maximum absolute atomic E-state index is 9.82. The van der Waals surface area contributed by atoms with Crippen molar-refractivity contribution in [1.29, 1.82) is 5.41 Å². The fraction of sp³-hybridized carbons (Fsp3) is 0.938. The Hall–Kier alpha value is -0.450. The maximum atomic E-state index is 9.82. The molecule has 4 unspecified atom stereocenters. The van der Waals surface area contributed by atoms with Gasteiger partial charge in [-0.1, -0.05) is 47.5 Å². The molecule has 0 aromatic rings. The van der Waals surface area contributed by atoms with E-state index in [0.717, 1.165) is 25.3 Å². The average Bonchev–Trinajstić information content (AvgIpc) is 2.83. The molecule has 0 radical (unpaired) electrons. The summed E-state index contributed by atoms with van der Waals surface area (Å²) in [7, 11) is 0. The molecular weight excluding hydrogens is 250 g/mol. The van der Waals surface area contributed by atoms with Crippen molar-refractivity contribution < 1.29 is 5.11 Å². The van der Waals surface area contributed by atoms with Crippen LogP contribution in [0.25, 0.3) is 0 Å². The third-order valence-electron chi connectivity index (χ3n) is 3.66. The van der Waals surface area contributed by atoms with Gasteiger partial charge in [0.05, 0.1) is 0 Å². The Bertz CT molecular complexity index is 246. The molecule has 4 heteroatoms. The maximum Gasteiger partial charge on any atom is 0.120 e. The first-order chi connectivity index (χ1) is 9.44. The fourth-order valence-corrected chi connectivity index (χ4v) is 2.39. The summed E-state index contributed by atoms with van der Waals surface area (Å²) >= 11 is 0. The Labute approximate surface area is 125 Å². The molecule has 4 nitrogen and oxygen atoms in total. The number of nitrogens with one attached hydrogen (secondary N) is 3. The zero-order valence-electron chi connectivity index (χ0n) is 13.9. The van der Waals surface area contributed by atoms with Crippen LogP contribution in [0.3, 0.4) is 0 Å². The molecule has 4 N–H and O–H groups in total. The molecule has 1 rings (SSSR count). The lowest BCUT2D eigenvalue weighted by Crippen LogP contribution is -2.49. The first kappa shape index (κ1) is 19.6. The molecule has 120 valence electrons. The van der Waals surface area contributed by atoms with Crippen LogP contribution in [0.15, 0.2) is 0 Å². The third kappa shape index (κ3) is 8.67. The molecule has 1 saturated heterocycles. The molecule has 0 saturated carbocycles. The van der Waals surface area contributed by atoms with E-state index in [4.69, 9.17) is 5.41 Å². The highest BCUT2D eigenvalue weighted by Gasteiger charge is 2.27. The van der Waals surface area contributed by atoms with Crippen LogP contribution in [0.5, 0.6) is 0 Å². The summed E-state index contributed by atoms with van der Waals surface area (Å²) in [5.74, 6) is 1.53. The molecule has 0 aromatic carbocycles. The van der Waals surface area contributed by atoms with Gasteiger partial charge in [-0.3, -0.25) is 5.32 Å². The van der Waals surface area contributed by atoms with Gasteiger partial charge in [0.15, 0.2) is 0 Å². The Morgan fingerprint density at radius 1 is 1.40 bits per heavy atom. The Morgan fingerprint density at radius 3 is 2.35 bits per heavy atom. The second-order valence-electron chi connectivity index (χ2n) is 6.33. The molecule has 20 heavy (non-hydrogen) atoms. The Balaban J connectivity index is 0.000000511. The summed E-state index contributed by atoms with van der Waals surface area (Å²) in [5, 5.41) is 23.3. The summed E-state index contributed by atoms with van der Waals surface area (Å²) in [6.45, 7) is 11.9. The van der Waals surface area contributed by atoms with Crippen molar-refractivity contribution in [2.45, 2.75) is 78.6 Å². The number of aliphatic hydroxyl groups excluding tert-OH is 1. The first-order valence-corrected chi connectivity index (χ1v) is 8.12. The van der Waals surface area contributed by atoms with Gasteiger partial charge in [-0.25, -0.2) is 0 Å². The van der Waals surface area contributed by atoms with Crippen molar-refractivity contribution in [3.05, 3.63) is 0 Å². The summed E-state index contributed by atoms with van der Waals surface area (Å²) in [6, 6.07) is 0.127. The highest BCUT2D eigenvalue weighted by Crippen LogP contribution is 2.14. The highest BCUT2D eigenvalue weighted by atomic mass is 16.3. The lowest BCUT2D eigenvalue weighted by atomic mass is 10.1. The second-order valence-corrected chi connectivity index (χ2v) is 6.33. The van der Waals surface area contributed by atoms with E-state index in [1.165, 1.54) is 19.1 Å². The van der Waals surface area contributed by atoms with Crippen molar-refractivity contribution in [3.63, 3.8) is 0 Å². The van der Waals surface area contributed by atoms with E-state index in [9.17, 15) is 5.11 Å². The molecule has 4 atom stereocenters. The van der Waals surface area contributed by atoms with Crippen LogP contribution in [0.2, 0.25) is 0 Å². The molecule has 1 aliphatic rings.